The normalized spacial score (nSPS) is 15.1. The Morgan fingerprint density at radius 1 is 1.08 bits per heavy atom. The van der Waals surface area contributed by atoms with Crippen LogP contribution in [0.15, 0.2) is 18.2 Å². The van der Waals surface area contributed by atoms with Crippen molar-refractivity contribution in [2.45, 2.75) is 0 Å². The van der Waals surface area contributed by atoms with Gasteiger partial charge in [-0.2, -0.15) is 0 Å². The molecule has 74 valence electrons. The Morgan fingerprint density at radius 3 is 2.00 bits per heavy atom. The van der Waals surface area contributed by atoms with E-state index in [0.29, 0.717) is 10.0 Å². The van der Waals surface area contributed by atoms with E-state index < -0.39 is 5.31 Å². The Kier molecular flexibility index (Phi) is 3.14. The van der Waals surface area contributed by atoms with Gasteiger partial charge in [0.15, 0.2) is 0 Å². The number of rotatable bonds is 1. The molecule has 0 N–H and O–H groups in total. The van der Waals surface area contributed by atoms with Crippen LogP contribution in [-0.2, 0) is 0 Å². The Bertz CT molecular complexity index is 330. The summed E-state index contributed by atoms with van der Waals surface area (Å²) in [6.45, 7) is 3.60. The SMILES string of the molecule is CP(C)(Cl)(Cl)c1cccc(Cl)c1Cl. The summed E-state index contributed by atoms with van der Waals surface area (Å²) in [6, 6.07) is 5.32. The second kappa shape index (κ2) is 3.43. The quantitative estimate of drug-likeness (QED) is 0.651. The Hall–Kier alpha value is 0.810. The number of halogens is 4. The van der Waals surface area contributed by atoms with Crippen LogP contribution in [-0.4, -0.2) is 13.3 Å². The van der Waals surface area contributed by atoms with Gasteiger partial charge >= 0.3 is 97.9 Å². The fourth-order valence-corrected chi connectivity index (χ4v) is 4.36. The van der Waals surface area contributed by atoms with Crippen LogP contribution in [0.5, 0.6) is 0 Å². The third-order valence-electron chi connectivity index (χ3n) is 1.60. The van der Waals surface area contributed by atoms with E-state index in [4.69, 9.17) is 45.7 Å². The molecule has 0 nitrogen and oxygen atoms in total. The van der Waals surface area contributed by atoms with Crippen molar-refractivity contribution in [3.05, 3.63) is 28.2 Å². The second-order valence-electron chi connectivity index (χ2n) is 3.38. The van der Waals surface area contributed by atoms with Crippen molar-refractivity contribution in [2.75, 3.05) is 13.3 Å². The van der Waals surface area contributed by atoms with Crippen LogP contribution < -0.4 is 5.30 Å². The van der Waals surface area contributed by atoms with E-state index in [1.165, 1.54) is 0 Å². The minimum absolute atomic E-state index is 0.455. The van der Waals surface area contributed by atoms with Gasteiger partial charge in [-0.05, 0) is 0 Å². The molecule has 0 radical (unpaired) electrons. The topological polar surface area (TPSA) is 0 Å². The van der Waals surface area contributed by atoms with Crippen LogP contribution in [0.2, 0.25) is 10.0 Å². The average molecular weight is 278 g/mol. The molecule has 0 unspecified atom stereocenters. The van der Waals surface area contributed by atoms with Gasteiger partial charge in [-0.1, -0.05) is 0 Å². The Labute approximate surface area is 97.6 Å². The van der Waals surface area contributed by atoms with E-state index >= 15 is 0 Å². The van der Waals surface area contributed by atoms with E-state index in [-0.39, 0.29) is 0 Å². The molecule has 0 aliphatic rings. The molecule has 0 saturated carbocycles. The van der Waals surface area contributed by atoms with E-state index in [9.17, 15) is 0 Å². The number of hydrogen-bond acceptors (Lipinski definition) is 0. The summed E-state index contributed by atoms with van der Waals surface area (Å²) in [5.74, 6) is 0. The molecule has 0 spiro atoms. The summed E-state index contributed by atoms with van der Waals surface area (Å²) in [5.41, 5.74) is 0. The van der Waals surface area contributed by atoms with Crippen molar-refractivity contribution < 1.29 is 0 Å². The van der Waals surface area contributed by atoms with Crippen LogP contribution in [0.4, 0.5) is 0 Å². The van der Waals surface area contributed by atoms with Crippen LogP contribution in [0, 0.1) is 0 Å². The van der Waals surface area contributed by atoms with Crippen LogP contribution >= 0.6 is 51.0 Å². The zero-order valence-corrected chi connectivity index (χ0v) is 11.1. The molecule has 1 rings (SSSR count). The second-order valence-corrected chi connectivity index (χ2v) is 14.9. The van der Waals surface area contributed by atoms with Crippen molar-refractivity contribution in [3.8, 4) is 0 Å². The van der Waals surface area contributed by atoms with Gasteiger partial charge in [0.25, 0.3) is 0 Å². The molecule has 0 amide bonds. The van der Waals surface area contributed by atoms with Crippen molar-refractivity contribution in [2.24, 2.45) is 0 Å². The summed E-state index contributed by atoms with van der Waals surface area (Å²) < 4.78 is 0. The molecule has 0 aliphatic heterocycles. The standard InChI is InChI=1S/C8H9Cl4P/c1-13(2,11,12)7-5-3-4-6(9)8(7)10/h3-5H,1-2H3. The molecule has 0 fully saturated rings. The molecule has 0 aromatic heterocycles. The third kappa shape index (κ3) is 2.88. The molecule has 1 aromatic carbocycles. The molecule has 1 aromatic rings. The van der Waals surface area contributed by atoms with Gasteiger partial charge in [-0.3, -0.25) is 0 Å². The Morgan fingerprint density at radius 2 is 1.62 bits per heavy atom. The zero-order chi connectivity index (χ0) is 10.3. The van der Waals surface area contributed by atoms with Gasteiger partial charge in [0.2, 0.25) is 0 Å². The molecule has 13 heavy (non-hydrogen) atoms. The fourth-order valence-electron chi connectivity index (χ4n) is 0.968. The summed E-state index contributed by atoms with van der Waals surface area (Å²) >= 11 is 24.3. The maximum absolute atomic E-state index is 6.24. The molecular weight excluding hydrogens is 269 g/mol. The monoisotopic (exact) mass is 276 g/mol. The molecule has 0 bridgehead atoms. The molecular formula is C8H9Cl4P. The van der Waals surface area contributed by atoms with Gasteiger partial charge in [-0.25, -0.2) is 0 Å². The molecule has 0 heterocycles. The molecule has 0 saturated heterocycles. The Balaban J connectivity index is 3.41. The van der Waals surface area contributed by atoms with Crippen LogP contribution in [0.1, 0.15) is 0 Å². The minimum atomic E-state index is -2.84. The van der Waals surface area contributed by atoms with Gasteiger partial charge in [0.1, 0.15) is 0 Å². The van der Waals surface area contributed by atoms with Gasteiger partial charge < -0.3 is 0 Å². The summed E-state index contributed by atoms with van der Waals surface area (Å²) in [7, 11) is 0. The maximum atomic E-state index is 6.24. The predicted molar refractivity (Wildman–Crippen MR) is 66.6 cm³/mol. The van der Waals surface area contributed by atoms with Crippen LogP contribution in [0.25, 0.3) is 0 Å². The van der Waals surface area contributed by atoms with Crippen molar-refractivity contribution in [3.63, 3.8) is 0 Å². The number of hydrogen-bond donors (Lipinski definition) is 0. The first-order valence-electron chi connectivity index (χ1n) is 3.58. The first-order valence-corrected chi connectivity index (χ1v) is 9.27. The van der Waals surface area contributed by atoms with Crippen molar-refractivity contribution in [1.29, 1.82) is 0 Å². The molecule has 5 heteroatoms. The van der Waals surface area contributed by atoms with Gasteiger partial charge in [0, 0.05) is 0 Å². The number of benzene rings is 1. The first-order chi connectivity index (χ1) is 5.68. The summed E-state index contributed by atoms with van der Waals surface area (Å²) in [4.78, 5) is 0. The molecule has 0 atom stereocenters. The molecule has 0 aliphatic carbocycles. The first kappa shape index (κ1) is 11.9. The summed E-state index contributed by atoms with van der Waals surface area (Å²) in [6.07, 6.45) is 0. The predicted octanol–water partition coefficient (Wildman–Crippen LogP) is 4.74. The van der Waals surface area contributed by atoms with E-state index in [2.05, 4.69) is 0 Å². The van der Waals surface area contributed by atoms with Crippen molar-refractivity contribution >= 4 is 56.3 Å². The average Bonchev–Trinajstić information content (AvgIpc) is 1.90. The zero-order valence-electron chi connectivity index (χ0n) is 7.19. The fraction of sp³-hybridized carbons (Fsp3) is 0.250. The van der Waals surface area contributed by atoms with E-state index in [0.717, 1.165) is 5.30 Å². The van der Waals surface area contributed by atoms with Crippen LogP contribution in [0.3, 0.4) is 0 Å². The summed E-state index contributed by atoms with van der Waals surface area (Å²) in [5, 5.41) is -1.17. The van der Waals surface area contributed by atoms with Crippen molar-refractivity contribution in [1.82, 2.24) is 0 Å². The third-order valence-corrected chi connectivity index (χ3v) is 5.34. The van der Waals surface area contributed by atoms with E-state index in [1.54, 1.807) is 25.5 Å². The van der Waals surface area contributed by atoms with E-state index in [1.807, 2.05) is 6.07 Å². The van der Waals surface area contributed by atoms with Gasteiger partial charge in [-0.15, -0.1) is 0 Å². The van der Waals surface area contributed by atoms with Gasteiger partial charge in [0.05, 0.1) is 0 Å².